The number of hydrogen-bond acceptors (Lipinski definition) is 5. The quantitative estimate of drug-likeness (QED) is 0.526. The highest BCUT2D eigenvalue weighted by Gasteiger charge is 2.66. The van der Waals surface area contributed by atoms with Crippen molar-refractivity contribution in [3.8, 4) is 0 Å². The van der Waals surface area contributed by atoms with Crippen molar-refractivity contribution in [1.82, 2.24) is 0 Å². The summed E-state index contributed by atoms with van der Waals surface area (Å²) in [7, 11) is 1.47. The van der Waals surface area contributed by atoms with Gasteiger partial charge in [0.2, 0.25) is 0 Å². The minimum absolute atomic E-state index is 0.00117. The van der Waals surface area contributed by atoms with Crippen LogP contribution in [0.2, 0.25) is 0 Å². The molecule has 0 radical (unpaired) electrons. The van der Waals surface area contributed by atoms with Gasteiger partial charge in [-0.1, -0.05) is 34.1 Å². The van der Waals surface area contributed by atoms with E-state index in [0.29, 0.717) is 30.5 Å². The Morgan fingerprint density at radius 2 is 1.74 bits per heavy atom. The fourth-order valence-corrected chi connectivity index (χ4v) is 10.1. The molecule has 188 valence electrons. The summed E-state index contributed by atoms with van der Waals surface area (Å²) < 4.78 is 5.11. The van der Waals surface area contributed by atoms with Crippen molar-refractivity contribution in [2.45, 2.75) is 85.5 Å². The molecule has 4 fully saturated rings. The number of hydrogen-bond donors (Lipinski definition) is 1. The third-order valence-corrected chi connectivity index (χ3v) is 11.8. The van der Waals surface area contributed by atoms with Gasteiger partial charge in [-0.05, 0) is 90.4 Å². The molecule has 0 aromatic heterocycles. The Kier molecular flexibility index (Phi) is 5.61. The third-order valence-electron chi connectivity index (χ3n) is 11.8. The van der Waals surface area contributed by atoms with Crippen LogP contribution in [0.5, 0.6) is 0 Å². The normalized spacial score (nSPS) is 50.3. The van der Waals surface area contributed by atoms with Gasteiger partial charge in [0, 0.05) is 18.3 Å². The fraction of sp³-hybridized carbons (Fsp3) is 0.828. The number of Topliss-reactive ketones (excluding diaryl/α,β-unsaturated/α-hetero) is 2. The topological polar surface area (TPSA) is 80.7 Å². The molecule has 0 amide bonds. The second kappa shape index (κ2) is 7.93. The average molecular weight is 471 g/mol. The minimum atomic E-state index is -0.342. The lowest BCUT2D eigenvalue weighted by Crippen LogP contribution is -2.63. The highest BCUT2D eigenvalue weighted by Crippen LogP contribution is 2.70. The Bertz CT molecular complexity index is 937. The Balaban J connectivity index is 1.54. The Hall–Kier alpha value is -1.65. The maximum absolute atomic E-state index is 14.1. The second-order valence-electron chi connectivity index (χ2n) is 13.2. The maximum atomic E-state index is 14.1. The van der Waals surface area contributed by atoms with Crippen molar-refractivity contribution in [3.63, 3.8) is 0 Å². The number of ketones is 2. The minimum Gasteiger partial charge on any atom is -0.505 e. The highest BCUT2D eigenvalue weighted by molar-refractivity contribution is 5.96. The van der Waals surface area contributed by atoms with E-state index in [1.165, 1.54) is 7.11 Å². The number of esters is 1. The number of carbonyl (C=O) groups excluding carboxylic acids is 3. The van der Waals surface area contributed by atoms with Gasteiger partial charge in [-0.3, -0.25) is 14.4 Å². The van der Waals surface area contributed by atoms with E-state index in [9.17, 15) is 19.5 Å². The first-order chi connectivity index (χ1) is 16.0. The summed E-state index contributed by atoms with van der Waals surface area (Å²) in [6.07, 6.45) is 9.91. The van der Waals surface area contributed by atoms with Crippen LogP contribution < -0.4 is 0 Å². The van der Waals surface area contributed by atoms with E-state index in [-0.39, 0.29) is 63.3 Å². The van der Waals surface area contributed by atoms with Gasteiger partial charge in [-0.15, -0.1) is 0 Å². The zero-order valence-corrected chi connectivity index (χ0v) is 21.6. The summed E-state index contributed by atoms with van der Waals surface area (Å²) in [6, 6.07) is 0. The number of methoxy groups -OCH3 is 1. The van der Waals surface area contributed by atoms with Crippen LogP contribution in [-0.4, -0.2) is 29.8 Å². The van der Waals surface area contributed by atoms with E-state index < -0.39 is 0 Å². The SMILES string of the molecule is COC(=O)CC12CCC(C)CC1C1C(=O)CC3C4(C)C=C(O)C(=O)C(C)C4CCC3(C)C1CC2. The van der Waals surface area contributed by atoms with Crippen LogP contribution in [0.4, 0.5) is 0 Å². The molecule has 5 rings (SSSR count). The number of carbonyl (C=O) groups is 3. The number of fused-ring (bicyclic) bond motifs is 7. The number of allylic oxidation sites excluding steroid dienone is 2. The smallest absolute Gasteiger partial charge is 0.306 e. The van der Waals surface area contributed by atoms with Crippen molar-refractivity contribution in [2.24, 2.45) is 57.7 Å². The summed E-state index contributed by atoms with van der Waals surface area (Å²) in [5.41, 5.74) is -0.449. The average Bonchev–Trinajstić information content (AvgIpc) is 2.79. The molecular formula is C29H42O5. The van der Waals surface area contributed by atoms with E-state index in [2.05, 4.69) is 20.8 Å². The molecular weight excluding hydrogens is 428 g/mol. The third kappa shape index (κ3) is 3.20. The summed E-state index contributed by atoms with van der Waals surface area (Å²) >= 11 is 0. The molecule has 4 saturated carbocycles. The molecule has 0 heterocycles. The zero-order valence-electron chi connectivity index (χ0n) is 21.6. The summed E-state index contributed by atoms with van der Waals surface area (Å²) in [5.74, 6) is 1.23. The summed E-state index contributed by atoms with van der Waals surface area (Å²) in [4.78, 5) is 39.1. The molecule has 0 aromatic carbocycles. The Morgan fingerprint density at radius 3 is 2.44 bits per heavy atom. The Morgan fingerprint density at radius 1 is 1.06 bits per heavy atom. The molecule has 34 heavy (non-hydrogen) atoms. The zero-order chi connectivity index (χ0) is 24.6. The number of aliphatic hydroxyl groups excluding tert-OH is 1. The van der Waals surface area contributed by atoms with E-state index in [1.54, 1.807) is 0 Å². The van der Waals surface area contributed by atoms with E-state index in [1.807, 2.05) is 13.0 Å². The van der Waals surface area contributed by atoms with E-state index >= 15 is 0 Å². The molecule has 0 bridgehead atoms. The molecule has 10 atom stereocenters. The lowest BCUT2D eigenvalue weighted by atomic mass is 9.37. The molecule has 0 aromatic rings. The predicted molar refractivity (Wildman–Crippen MR) is 129 cm³/mol. The van der Waals surface area contributed by atoms with Gasteiger partial charge in [0.25, 0.3) is 0 Å². The van der Waals surface area contributed by atoms with Gasteiger partial charge in [-0.25, -0.2) is 0 Å². The highest BCUT2D eigenvalue weighted by atomic mass is 16.5. The van der Waals surface area contributed by atoms with Crippen molar-refractivity contribution < 1.29 is 24.2 Å². The van der Waals surface area contributed by atoms with Gasteiger partial charge in [0.15, 0.2) is 11.5 Å². The molecule has 5 nitrogen and oxygen atoms in total. The van der Waals surface area contributed by atoms with Crippen molar-refractivity contribution in [3.05, 3.63) is 11.8 Å². The van der Waals surface area contributed by atoms with Crippen molar-refractivity contribution in [1.29, 1.82) is 0 Å². The largest absolute Gasteiger partial charge is 0.505 e. The van der Waals surface area contributed by atoms with E-state index in [0.717, 1.165) is 44.9 Å². The monoisotopic (exact) mass is 470 g/mol. The van der Waals surface area contributed by atoms with Gasteiger partial charge in [-0.2, -0.15) is 0 Å². The van der Waals surface area contributed by atoms with Gasteiger partial charge >= 0.3 is 5.97 Å². The van der Waals surface area contributed by atoms with Crippen LogP contribution in [0.1, 0.15) is 85.5 Å². The number of aliphatic hydroxyl groups is 1. The van der Waals surface area contributed by atoms with Crippen LogP contribution >= 0.6 is 0 Å². The van der Waals surface area contributed by atoms with Crippen LogP contribution in [0, 0.1) is 57.7 Å². The summed E-state index contributed by atoms with van der Waals surface area (Å²) in [5, 5.41) is 10.5. The van der Waals surface area contributed by atoms with Crippen molar-refractivity contribution >= 4 is 17.5 Å². The van der Waals surface area contributed by atoms with Crippen LogP contribution in [0.3, 0.4) is 0 Å². The Labute approximate surface area is 204 Å². The molecule has 0 saturated heterocycles. The molecule has 5 heteroatoms. The maximum Gasteiger partial charge on any atom is 0.306 e. The van der Waals surface area contributed by atoms with Gasteiger partial charge in [0.1, 0.15) is 5.78 Å². The predicted octanol–water partition coefficient (Wildman–Crippen LogP) is 5.67. The standard InChI is InChI=1S/C29H42O5/c1-16-6-10-29(15-24(32)34-5)11-8-19-25(20(29)12-16)21(30)13-23-27(19,3)9-7-18-17(2)26(33)22(31)14-28(18,23)4/h14,16-20,23,25,31H,6-13,15H2,1-5H3. The van der Waals surface area contributed by atoms with Crippen LogP contribution in [0.25, 0.3) is 0 Å². The number of ether oxygens (including phenoxy) is 1. The first kappa shape index (κ1) is 24.1. The number of rotatable bonds is 2. The molecule has 5 aliphatic carbocycles. The van der Waals surface area contributed by atoms with Gasteiger partial charge < -0.3 is 9.84 Å². The molecule has 1 N–H and O–H groups in total. The first-order valence-electron chi connectivity index (χ1n) is 13.5. The van der Waals surface area contributed by atoms with Crippen molar-refractivity contribution in [2.75, 3.05) is 7.11 Å². The molecule has 10 unspecified atom stereocenters. The fourth-order valence-electron chi connectivity index (χ4n) is 10.1. The van der Waals surface area contributed by atoms with E-state index in [4.69, 9.17) is 4.74 Å². The van der Waals surface area contributed by atoms with Gasteiger partial charge in [0.05, 0.1) is 13.5 Å². The first-order valence-corrected chi connectivity index (χ1v) is 13.5. The van der Waals surface area contributed by atoms with Crippen LogP contribution in [0.15, 0.2) is 11.8 Å². The van der Waals surface area contributed by atoms with Crippen LogP contribution in [-0.2, 0) is 19.1 Å². The lowest BCUT2D eigenvalue weighted by Gasteiger charge is -2.66. The molecule has 0 spiro atoms. The summed E-state index contributed by atoms with van der Waals surface area (Å²) in [6.45, 7) is 8.84. The second-order valence-corrected chi connectivity index (χ2v) is 13.2. The molecule has 0 aliphatic heterocycles. The molecule has 5 aliphatic rings. The lowest BCUT2D eigenvalue weighted by molar-refractivity contribution is -0.187.